The summed E-state index contributed by atoms with van der Waals surface area (Å²) in [6.45, 7) is 4.74. The second kappa shape index (κ2) is 4.17. The van der Waals surface area contributed by atoms with Crippen LogP contribution in [0.1, 0.15) is 46.0 Å². The summed E-state index contributed by atoms with van der Waals surface area (Å²) in [7, 11) is 0.336. The third kappa shape index (κ3) is 2.12. The van der Waals surface area contributed by atoms with Gasteiger partial charge in [-0.3, -0.25) is 0 Å². The molecule has 1 heterocycles. The normalized spacial score (nSPS) is 36.6. The molecule has 1 aliphatic heterocycles. The zero-order valence-electron chi connectivity index (χ0n) is 7.40. The molecular weight excluding hydrogens is 136 g/mol. The fourth-order valence-corrected chi connectivity index (χ4v) is 4.80. The maximum Gasteiger partial charge on any atom is 0.0264 e. The van der Waals surface area contributed by atoms with E-state index in [1.54, 1.807) is 12.8 Å². The van der Waals surface area contributed by atoms with Crippen molar-refractivity contribution in [2.24, 2.45) is 0 Å². The zero-order chi connectivity index (χ0) is 7.40. The van der Waals surface area contributed by atoms with Gasteiger partial charge >= 0.3 is 0 Å². The van der Waals surface area contributed by atoms with Gasteiger partial charge < -0.3 is 0 Å². The Hall–Kier alpha value is 0.217. The second-order valence-electron chi connectivity index (χ2n) is 3.72. The summed E-state index contributed by atoms with van der Waals surface area (Å²) < 4.78 is 0. The molecule has 1 heteroatoms. The van der Waals surface area contributed by atoms with Crippen LogP contribution in [-0.2, 0) is 0 Å². The van der Waals surface area contributed by atoms with Gasteiger partial charge in [0.05, 0.1) is 0 Å². The molecule has 0 N–H and O–H groups in total. The minimum atomic E-state index is 0.336. The van der Waals surface area contributed by atoms with Crippen molar-refractivity contribution in [2.75, 3.05) is 0 Å². The van der Waals surface area contributed by atoms with Gasteiger partial charge in [0.1, 0.15) is 0 Å². The highest BCUT2D eigenvalue weighted by molar-refractivity contribution is 6.39. The second-order valence-corrected chi connectivity index (χ2v) is 6.50. The summed E-state index contributed by atoms with van der Waals surface area (Å²) in [5.74, 6) is 0. The van der Waals surface area contributed by atoms with Crippen molar-refractivity contribution in [2.45, 2.75) is 57.0 Å². The van der Waals surface area contributed by atoms with Crippen molar-refractivity contribution < 1.29 is 0 Å². The van der Waals surface area contributed by atoms with Crippen LogP contribution >= 0.6 is 0 Å². The molecule has 0 amide bonds. The molecule has 0 bridgehead atoms. The maximum absolute atomic E-state index is 2.37. The third-order valence-electron chi connectivity index (χ3n) is 3.05. The van der Waals surface area contributed by atoms with E-state index in [-0.39, 0.29) is 0 Å². The van der Waals surface area contributed by atoms with Crippen LogP contribution in [0, 0.1) is 0 Å². The Morgan fingerprint density at radius 2 is 1.60 bits per heavy atom. The van der Waals surface area contributed by atoms with Gasteiger partial charge in [-0.2, -0.15) is 0 Å². The lowest BCUT2D eigenvalue weighted by molar-refractivity contribution is 0.548. The molecule has 0 radical (unpaired) electrons. The van der Waals surface area contributed by atoms with Gasteiger partial charge in [0.2, 0.25) is 0 Å². The third-order valence-corrected chi connectivity index (χ3v) is 6.35. The number of hydrogen-bond acceptors (Lipinski definition) is 0. The topological polar surface area (TPSA) is 0 Å². The van der Waals surface area contributed by atoms with Crippen LogP contribution in [0.15, 0.2) is 0 Å². The van der Waals surface area contributed by atoms with Crippen LogP contribution in [-0.4, -0.2) is 9.52 Å². The predicted molar refractivity (Wildman–Crippen MR) is 50.5 cm³/mol. The van der Waals surface area contributed by atoms with Crippen molar-refractivity contribution >= 4 is 9.52 Å². The Morgan fingerprint density at radius 3 is 2.00 bits per heavy atom. The molecule has 0 aliphatic carbocycles. The van der Waals surface area contributed by atoms with E-state index in [1.807, 2.05) is 0 Å². The Balaban J connectivity index is 2.25. The van der Waals surface area contributed by atoms with E-state index in [9.17, 15) is 0 Å². The Morgan fingerprint density at radius 1 is 1.10 bits per heavy atom. The van der Waals surface area contributed by atoms with Crippen LogP contribution in [0.4, 0.5) is 0 Å². The van der Waals surface area contributed by atoms with E-state index >= 15 is 0 Å². The van der Waals surface area contributed by atoms with E-state index in [0.717, 1.165) is 0 Å². The first-order valence-corrected chi connectivity index (χ1v) is 6.50. The van der Waals surface area contributed by atoms with Crippen LogP contribution in [0.2, 0.25) is 11.1 Å². The summed E-state index contributed by atoms with van der Waals surface area (Å²) in [4.78, 5) is 0. The summed E-state index contributed by atoms with van der Waals surface area (Å²) >= 11 is 0. The average molecular weight is 156 g/mol. The maximum atomic E-state index is 2.37. The van der Waals surface area contributed by atoms with E-state index in [4.69, 9.17) is 0 Å². The van der Waals surface area contributed by atoms with Gasteiger partial charge in [-0.1, -0.05) is 57.0 Å². The minimum Gasteiger partial charge on any atom is -0.0654 e. The van der Waals surface area contributed by atoms with Crippen LogP contribution in [0.3, 0.4) is 0 Å². The van der Waals surface area contributed by atoms with Gasteiger partial charge in [-0.15, -0.1) is 0 Å². The average Bonchev–Trinajstić information content (AvgIpc) is 2.05. The highest BCUT2D eigenvalue weighted by atomic mass is 28.2. The first-order valence-electron chi connectivity index (χ1n) is 4.86. The molecule has 2 unspecified atom stereocenters. The standard InChI is InChI=1S/C9H20Si/c1-3-8-6-5-7-9(4-2)10-8/h8-9H,3-7,10H2,1-2H3. The van der Waals surface area contributed by atoms with E-state index in [0.29, 0.717) is 9.52 Å². The lowest BCUT2D eigenvalue weighted by atomic mass is 10.1. The van der Waals surface area contributed by atoms with Gasteiger partial charge in [0.15, 0.2) is 0 Å². The molecule has 0 aromatic carbocycles. The Bertz CT molecular complexity index is 80.7. The molecule has 1 saturated heterocycles. The fraction of sp³-hybridized carbons (Fsp3) is 1.00. The van der Waals surface area contributed by atoms with E-state index in [2.05, 4.69) is 13.8 Å². The quantitative estimate of drug-likeness (QED) is 0.539. The summed E-state index contributed by atoms with van der Waals surface area (Å²) in [6, 6.07) is 0. The zero-order valence-corrected chi connectivity index (χ0v) is 8.81. The molecule has 0 nitrogen and oxygen atoms in total. The molecule has 0 aromatic heterocycles. The monoisotopic (exact) mass is 156 g/mol. The Kier molecular flexibility index (Phi) is 3.47. The lowest BCUT2D eigenvalue weighted by Crippen LogP contribution is -2.15. The van der Waals surface area contributed by atoms with E-state index in [1.165, 1.54) is 30.3 Å². The van der Waals surface area contributed by atoms with Crippen molar-refractivity contribution in [3.05, 3.63) is 0 Å². The lowest BCUT2D eigenvalue weighted by Gasteiger charge is -2.26. The smallest absolute Gasteiger partial charge is 0.0264 e. The fourth-order valence-electron chi connectivity index (χ4n) is 2.14. The summed E-state index contributed by atoms with van der Waals surface area (Å²) in [5.41, 5.74) is 2.41. The highest BCUT2D eigenvalue weighted by Gasteiger charge is 2.19. The molecule has 0 aromatic rings. The SMILES string of the molecule is CCC1CCCC(CC)[SiH2]1. The van der Waals surface area contributed by atoms with Crippen molar-refractivity contribution in [3.8, 4) is 0 Å². The largest absolute Gasteiger partial charge is 0.0654 e. The predicted octanol–water partition coefficient (Wildman–Crippen LogP) is 2.74. The molecule has 2 atom stereocenters. The van der Waals surface area contributed by atoms with Crippen molar-refractivity contribution in [3.63, 3.8) is 0 Å². The molecule has 0 saturated carbocycles. The molecule has 10 heavy (non-hydrogen) atoms. The van der Waals surface area contributed by atoms with Gasteiger partial charge in [0, 0.05) is 9.52 Å². The van der Waals surface area contributed by atoms with Gasteiger partial charge in [0.25, 0.3) is 0 Å². The van der Waals surface area contributed by atoms with Gasteiger partial charge in [-0.05, 0) is 0 Å². The molecular formula is C9H20Si. The summed E-state index contributed by atoms with van der Waals surface area (Å²) in [5, 5.41) is 0. The molecule has 1 aliphatic rings. The molecule has 1 fully saturated rings. The minimum absolute atomic E-state index is 0.336. The molecule has 60 valence electrons. The van der Waals surface area contributed by atoms with Crippen molar-refractivity contribution in [1.82, 2.24) is 0 Å². The first-order chi connectivity index (χ1) is 4.86. The summed E-state index contributed by atoms with van der Waals surface area (Å²) in [6.07, 6.45) is 7.62. The van der Waals surface area contributed by atoms with Crippen LogP contribution in [0.5, 0.6) is 0 Å². The molecule has 1 rings (SSSR count). The van der Waals surface area contributed by atoms with Gasteiger partial charge in [-0.25, -0.2) is 0 Å². The van der Waals surface area contributed by atoms with E-state index < -0.39 is 0 Å². The highest BCUT2D eigenvalue weighted by Crippen LogP contribution is 2.33. The van der Waals surface area contributed by atoms with Crippen LogP contribution in [0.25, 0.3) is 0 Å². The van der Waals surface area contributed by atoms with Crippen LogP contribution < -0.4 is 0 Å². The van der Waals surface area contributed by atoms with Crippen molar-refractivity contribution in [1.29, 1.82) is 0 Å². The Labute approximate surface area is 67.2 Å². The number of hydrogen-bond donors (Lipinski definition) is 0. The first kappa shape index (κ1) is 8.31. The molecule has 0 spiro atoms. The number of rotatable bonds is 2.